The molecular weight excluding hydrogens is 442 g/mol. The van der Waals surface area contributed by atoms with Crippen molar-refractivity contribution in [3.63, 3.8) is 0 Å². The number of carboxylic acid groups (broad SMARTS) is 1. The number of unbranched alkanes of at least 4 members (excludes halogenated alkanes) is 11. The fourth-order valence-corrected chi connectivity index (χ4v) is 3.97. The van der Waals surface area contributed by atoms with Gasteiger partial charge in [-0.2, -0.15) is 0 Å². The molecule has 0 aromatic heterocycles. The molecular formula is C29H45NO5. The van der Waals surface area contributed by atoms with Crippen LogP contribution in [0.1, 0.15) is 109 Å². The van der Waals surface area contributed by atoms with Gasteiger partial charge in [0.05, 0.1) is 6.42 Å². The molecule has 0 saturated carbocycles. The highest BCUT2D eigenvalue weighted by Crippen LogP contribution is 2.13. The summed E-state index contributed by atoms with van der Waals surface area (Å²) in [6.07, 6.45) is 20.2. The molecule has 0 heterocycles. The number of carbonyl (C=O) groups excluding carboxylic acids is 2. The van der Waals surface area contributed by atoms with Crippen molar-refractivity contribution in [2.45, 2.75) is 116 Å². The number of ketones is 1. The highest BCUT2D eigenvalue weighted by molar-refractivity contribution is 5.99. The molecule has 0 aliphatic carbocycles. The van der Waals surface area contributed by atoms with Gasteiger partial charge in [0, 0.05) is 12.8 Å². The lowest BCUT2D eigenvalue weighted by atomic mass is 10.0. The summed E-state index contributed by atoms with van der Waals surface area (Å²) in [5.41, 5.74) is 0.676. The molecule has 6 heteroatoms. The molecule has 0 aliphatic rings. The number of carboxylic acids is 1. The number of aromatic hydroxyl groups is 1. The van der Waals surface area contributed by atoms with E-state index in [0.29, 0.717) is 12.0 Å². The Labute approximate surface area is 211 Å². The molecule has 0 radical (unpaired) electrons. The first-order valence-electron chi connectivity index (χ1n) is 13.4. The van der Waals surface area contributed by atoms with E-state index in [1.165, 1.54) is 63.5 Å². The smallest absolute Gasteiger partial charge is 0.326 e. The maximum atomic E-state index is 12.1. The van der Waals surface area contributed by atoms with Gasteiger partial charge in [0.1, 0.15) is 17.6 Å². The molecule has 0 bridgehead atoms. The van der Waals surface area contributed by atoms with Crippen molar-refractivity contribution in [3.05, 3.63) is 42.0 Å². The van der Waals surface area contributed by atoms with Crippen LogP contribution in [0.3, 0.4) is 0 Å². The summed E-state index contributed by atoms with van der Waals surface area (Å²) in [4.78, 5) is 35.7. The Morgan fingerprint density at radius 2 is 1.37 bits per heavy atom. The molecule has 1 atom stereocenters. The molecule has 0 fully saturated rings. The van der Waals surface area contributed by atoms with E-state index < -0.39 is 17.9 Å². The van der Waals surface area contributed by atoms with Crippen molar-refractivity contribution in [3.8, 4) is 5.75 Å². The van der Waals surface area contributed by atoms with Crippen molar-refractivity contribution in [2.75, 3.05) is 0 Å². The average Bonchev–Trinajstić information content (AvgIpc) is 2.82. The molecule has 0 spiro atoms. The Hall–Kier alpha value is -2.63. The Morgan fingerprint density at radius 1 is 0.829 bits per heavy atom. The highest BCUT2D eigenvalue weighted by Gasteiger charge is 2.21. The molecule has 6 nitrogen and oxygen atoms in total. The van der Waals surface area contributed by atoms with Crippen molar-refractivity contribution in [1.29, 1.82) is 0 Å². The normalized spacial score (nSPS) is 12.0. The number of aliphatic carboxylic acids is 1. The summed E-state index contributed by atoms with van der Waals surface area (Å²) in [5.74, 6) is -1.79. The number of amides is 1. The van der Waals surface area contributed by atoms with Gasteiger partial charge in [0.25, 0.3) is 0 Å². The summed E-state index contributed by atoms with van der Waals surface area (Å²) >= 11 is 0. The van der Waals surface area contributed by atoms with Crippen LogP contribution in [-0.2, 0) is 20.8 Å². The number of rotatable bonds is 21. The van der Waals surface area contributed by atoms with Crippen molar-refractivity contribution >= 4 is 17.7 Å². The Kier molecular flexibility index (Phi) is 17.1. The van der Waals surface area contributed by atoms with E-state index in [2.05, 4.69) is 24.4 Å². The Morgan fingerprint density at radius 3 is 1.94 bits per heavy atom. The van der Waals surface area contributed by atoms with Crippen LogP contribution in [0.5, 0.6) is 5.75 Å². The quantitative estimate of drug-likeness (QED) is 0.104. The second-order valence-corrected chi connectivity index (χ2v) is 9.38. The summed E-state index contributed by atoms with van der Waals surface area (Å²) in [6, 6.07) is 5.03. The summed E-state index contributed by atoms with van der Waals surface area (Å²) in [5, 5.41) is 21.1. The van der Waals surface area contributed by atoms with Crippen LogP contribution in [0.25, 0.3) is 0 Å². The van der Waals surface area contributed by atoms with Gasteiger partial charge in [0.15, 0.2) is 0 Å². The molecule has 35 heavy (non-hydrogen) atoms. The van der Waals surface area contributed by atoms with E-state index in [0.717, 1.165) is 32.1 Å². The fourth-order valence-electron chi connectivity index (χ4n) is 3.97. The minimum atomic E-state index is -1.16. The van der Waals surface area contributed by atoms with Crippen molar-refractivity contribution in [2.24, 2.45) is 0 Å². The van der Waals surface area contributed by atoms with Crippen molar-refractivity contribution < 1.29 is 24.6 Å². The third-order valence-corrected chi connectivity index (χ3v) is 6.08. The van der Waals surface area contributed by atoms with Gasteiger partial charge >= 0.3 is 5.97 Å². The van der Waals surface area contributed by atoms with E-state index in [4.69, 9.17) is 0 Å². The molecule has 196 valence electrons. The molecule has 0 aliphatic heterocycles. The zero-order valence-corrected chi connectivity index (χ0v) is 21.5. The third-order valence-electron chi connectivity index (χ3n) is 6.08. The number of nitrogens with one attached hydrogen (secondary N) is 1. The van der Waals surface area contributed by atoms with E-state index in [-0.39, 0.29) is 24.4 Å². The van der Waals surface area contributed by atoms with Gasteiger partial charge in [-0.05, 0) is 49.8 Å². The lowest BCUT2D eigenvalue weighted by molar-refractivity contribution is -0.142. The molecule has 0 saturated heterocycles. The molecule has 3 N–H and O–H groups in total. The second-order valence-electron chi connectivity index (χ2n) is 9.38. The topological polar surface area (TPSA) is 104 Å². The number of phenols is 1. The van der Waals surface area contributed by atoms with Gasteiger partial charge in [-0.25, -0.2) is 4.79 Å². The van der Waals surface area contributed by atoms with Crippen LogP contribution in [0.2, 0.25) is 0 Å². The average molecular weight is 488 g/mol. The Bertz CT molecular complexity index is 757. The minimum absolute atomic E-state index is 0.0871. The van der Waals surface area contributed by atoms with Crippen LogP contribution in [0, 0.1) is 0 Å². The number of hydrogen-bond donors (Lipinski definition) is 3. The summed E-state index contributed by atoms with van der Waals surface area (Å²) in [7, 11) is 0. The van der Waals surface area contributed by atoms with Crippen molar-refractivity contribution in [1.82, 2.24) is 5.32 Å². The monoisotopic (exact) mass is 487 g/mol. The number of hydrogen-bond acceptors (Lipinski definition) is 4. The third kappa shape index (κ3) is 16.6. The zero-order chi connectivity index (χ0) is 25.7. The van der Waals surface area contributed by atoms with E-state index in [9.17, 15) is 24.6 Å². The van der Waals surface area contributed by atoms with Crippen LogP contribution in [0.15, 0.2) is 36.4 Å². The second kappa shape index (κ2) is 19.7. The van der Waals surface area contributed by atoms with Crippen LogP contribution < -0.4 is 5.32 Å². The molecule has 1 rings (SSSR count). The number of phenolic OH excluding ortho intramolecular Hbond substituents is 1. The maximum absolute atomic E-state index is 12.1. The van der Waals surface area contributed by atoms with Gasteiger partial charge in [0.2, 0.25) is 5.91 Å². The zero-order valence-electron chi connectivity index (χ0n) is 21.5. The molecule has 1 aromatic carbocycles. The standard InChI is InChI=1S/C29H45NO5/c1-2-3-4-5-6-7-8-9-10-11-12-13-14-15-16-17-26(32)23-28(33)30-27(29(34)35)22-24-18-20-25(31)21-19-24/h9-10,18-21,27,31H,2-8,11-17,22-23H2,1H3,(H,30,33)(H,34,35)/t27-/m0/s1. The number of allylic oxidation sites excluding steroid dienone is 2. The summed E-state index contributed by atoms with van der Waals surface area (Å²) in [6.45, 7) is 2.24. The van der Waals surface area contributed by atoms with Gasteiger partial charge in [-0.1, -0.05) is 82.6 Å². The highest BCUT2D eigenvalue weighted by atomic mass is 16.4. The van der Waals surface area contributed by atoms with E-state index in [1.807, 2.05) is 0 Å². The van der Waals surface area contributed by atoms with Crippen LogP contribution in [-0.4, -0.2) is 33.9 Å². The number of Topliss-reactive ketones (excluding diaryl/α,β-unsaturated/α-hetero) is 1. The predicted molar refractivity (Wildman–Crippen MR) is 140 cm³/mol. The largest absolute Gasteiger partial charge is 0.508 e. The van der Waals surface area contributed by atoms with E-state index in [1.54, 1.807) is 12.1 Å². The van der Waals surface area contributed by atoms with Gasteiger partial charge < -0.3 is 15.5 Å². The maximum Gasteiger partial charge on any atom is 0.326 e. The first-order valence-corrected chi connectivity index (χ1v) is 13.4. The fraction of sp³-hybridized carbons (Fsp3) is 0.621. The Balaban J connectivity index is 2.07. The van der Waals surface area contributed by atoms with Gasteiger partial charge in [-0.15, -0.1) is 0 Å². The lowest BCUT2D eigenvalue weighted by Gasteiger charge is -2.14. The lowest BCUT2D eigenvalue weighted by Crippen LogP contribution is -2.42. The van der Waals surface area contributed by atoms with Gasteiger partial charge in [-0.3, -0.25) is 9.59 Å². The SMILES string of the molecule is CCCCCCCCC=CCCCCCCCC(=O)CC(=O)N[C@@H](Cc1ccc(O)cc1)C(=O)O. The number of benzene rings is 1. The molecule has 0 unspecified atom stereocenters. The molecule has 1 amide bonds. The first kappa shape index (κ1) is 30.4. The molecule has 1 aromatic rings. The van der Waals surface area contributed by atoms with Crippen LogP contribution in [0.4, 0.5) is 0 Å². The minimum Gasteiger partial charge on any atom is -0.508 e. The summed E-state index contributed by atoms with van der Waals surface area (Å²) < 4.78 is 0. The van der Waals surface area contributed by atoms with E-state index >= 15 is 0 Å². The number of carbonyl (C=O) groups is 3. The predicted octanol–water partition coefficient (Wildman–Crippen LogP) is 6.50. The first-order chi connectivity index (χ1) is 16.9. The van der Waals surface area contributed by atoms with Crippen LogP contribution >= 0.6 is 0 Å².